The summed E-state index contributed by atoms with van der Waals surface area (Å²) in [4.78, 5) is 23.2. The van der Waals surface area contributed by atoms with Gasteiger partial charge in [0.15, 0.2) is 0 Å². The number of pyridine rings is 1. The Bertz CT molecular complexity index is 831. The molecule has 5 nitrogen and oxygen atoms in total. The van der Waals surface area contributed by atoms with Gasteiger partial charge in [0, 0.05) is 16.7 Å². The van der Waals surface area contributed by atoms with Crippen LogP contribution in [-0.2, 0) is 17.5 Å². The Morgan fingerprint density at radius 3 is 2.71 bits per heavy atom. The van der Waals surface area contributed by atoms with Gasteiger partial charge in [0.25, 0.3) is 11.5 Å². The van der Waals surface area contributed by atoms with Crippen LogP contribution in [0.2, 0.25) is 0 Å². The van der Waals surface area contributed by atoms with E-state index >= 15 is 0 Å². The van der Waals surface area contributed by atoms with Crippen molar-refractivity contribution in [3.63, 3.8) is 0 Å². The Hall–Kier alpha value is -2.42. The van der Waals surface area contributed by atoms with Crippen molar-refractivity contribution in [2.45, 2.75) is 12.7 Å². The van der Waals surface area contributed by atoms with Crippen LogP contribution >= 0.6 is 15.9 Å². The van der Waals surface area contributed by atoms with Gasteiger partial charge in [0.2, 0.25) is 0 Å². The molecule has 9 heteroatoms. The van der Waals surface area contributed by atoms with Gasteiger partial charge >= 0.3 is 6.18 Å². The van der Waals surface area contributed by atoms with E-state index in [1.165, 1.54) is 6.21 Å². The maximum atomic E-state index is 12.6. The van der Waals surface area contributed by atoms with Crippen LogP contribution in [0.15, 0.2) is 57.0 Å². The summed E-state index contributed by atoms with van der Waals surface area (Å²) < 4.78 is 39.4. The molecule has 1 aromatic carbocycles. The zero-order valence-corrected chi connectivity index (χ0v) is 13.6. The lowest BCUT2D eigenvalue weighted by molar-refractivity contribution is -0.138. The number of benzene rings is 1. The van der Waals surface area contributed by atoms with Gasteiger partial charge in [-0.25, -0.2) is 5.43 Å². The molecule has 0 aliphatic rings. The second kappa shape index (κ2) is 7.43. The molecule has 0 aliphatic carbocycles. The van der Waals surface area contributed by atoms with Crippen molar-refractivity contribution < 1.29 is 18.0 Å². The summed E-state index contributed by atoms with van der Waals surface area (Å²) in [6, 6.07) is 8.53. The van der Waals surface area contributed by atoms with Gasteiger partial charge in [-0.1, -0.05) is 28.1 Å². The minimum Gasteiger partial charge on any atom is -0.305 e. The molecule has 1 aromatic heterocycles. The molecule has 2 aromatic rings. The van der Waals surface area contributed by atoms with Crippen molar-refractivity contribution in [2.75, 3.05) is 0 Å². The standard InChI is InChI=1S/C15H11BrF3N3O2/c16-12-3-1-2-10(6-12)7-20-21-13(23)9-22-8-11(15(17,18)19)4-5-14(22)24/h1-8H,9H2,(H,21,23). The predicted octanol–water partition coefficient (Wildman–Crippen LogP) is 2.78. The highest BCUT2D eigenvalue weighted by Crippen LogP contribution is 2.27. The molecule has 2 rings (SSSR count). The first-order valence-electron chi connectivity index (χ1n) is 6.61. The fourth-order valence-electron chi connectivity index (χ4n) is 1.78. The molecular weight excluding hydrogens is 391 g/mol. The lowest BCUT2D eigenvalue weighted by Gasteiger charge is -2.09. The molecule has 0 spiro atoms. The van der Waals surface area contributed by atoms with Gasteiger partial charge in [0.1, 0.15) is 6.54 Å². The average Bonchev–Trinajstić information content (AvgIpc) is 2.48. The molecule has 0 atom stereocenters. The van der Waals surface area contributed by atoms with E-state index in [-0.39, 0.29) is 0 Å². The summed E-state index contributed by atoms with van der Waals surface area (Å²) in [5.74, 6) is -0.720. The molecule has 1 amide bonds. The molecule has 1 heterocycles. The lowest BCUT2D eigenvalue weighted by atomic mass is 10.2. The van der Waals surface area contributed by atoms with Crippen LogP contribution in [0.3, 0.4) is 0 Å². The van der Waals surface area contributed by atoms with E-state index in [2.05, 4.69) is 26.5 Å². The first-order chi connectivity index (χ1) is 11.3. The van der Waals surface area contributed by atoms with Gasteiger partial charge < -0.3 is 4.57 Å². The van der Waals surface area contributed by atoms with E-state index in [0.717, 1.165) is 10.5 Å². The number of hydrogen-bond acceptors (Lipinski definition) is 3. The van der Waals surface area contributed by atoms with E-state index < -0.39 is 29.8 Å². The number of hydrogen-bond donors (Lipinski definition) is 1. The first kappa shape index (κ1) is 17.9. The highest BCUT2D eigenvalue weighted by molar-refractivity contribution is 9.10. The van der Waals surface area contributed by atoms with Crippen LogP contribution in [0.1, 0.15) is 11.1 Å². The van der Waals surface area contributed by atoms with E-state index in [1.54, 1.807) is 18.2 Å². The summed E-state index contributed by atoms with van der Waals surface area (Å²) in [5, 5.41) is 3.70. The van der Waals surface area contributed by atoms with Crippen molar-refractivity contribution in [1.82, 2.24) is 9.99 Å². The van der Waals surface area contributed by atoms with Crippen molar-refractivity contribution in [1.29, 1.82) is 0 Å². The molecule has 0 saturated heterocycles. The predicted molar refractivity (Wildman–Crippen MR) is 85.6 cm³/mol. The molecule has 0 aliphatic heterocycles. The number of halogens is 4. The van der Waals surface area contributed by atoms with Crippen molar-refractivity contribution >= 4 is 28.1 Å². The molecule has 24 heavy (non-hydrogen) atoms. The van der Waals surface area contributed by atoms with E-state index in [9.17, 15) is 22.8 Å². The number of aromatic nitrogens is 1. The van der Waals surface area contributed by atoms with Crippen molar-refractivity contribution in [2.24, 2.45) is 5.10 Å². The number of carbonyl (C=O) groups is 1. The Kier molecular flexibility index (Phi) is 5.55. The summed E-state index contributed by atoms with van der Waals surface area (Å²) in [7, 11) is 0. The number of nitrogens with one attached hydrogen (secondary N) is 1. The zero-order valence-electron chi connectivity index (χ0n) is 12.0. The van der Waals surface area contributed by atoms with Gasteiger partial charge in [0.05, 0.1) is 11.8 Å². The maximum Gasteiger partial charge on any atom is 0.417 e. The van der Waals surface area contributed by atoms with Crippen LogP contribution in [-0.4, -0.2) is 16.7 Å². The fourth-order valence-corrected chi connectivity index (χ4v) is 2.20. The van der Waals surface area contributed by atoms with Crippen LogP contribution in [0.25, 0.3) is 0 Å². The molecule has 0 fully saturated rings. The smallest absolute Gasteiger partial charge is 0.305 e. The molecule has 0 saturated carbocycles. The second-order valence-corrected chi connectivity index (χ2v) is 5.65. The second-order valence-electron chi connectivity index (χ2n) is 4.73. The molecule has 0 unspecified atom stereocenters. The largest absolute Gasteiger partial charge is 0.417 e. The first-order valence-corrected chi connectivity index (χ1v) is 7.40. The van der Waals surface area contributed by atoms with Crippen molar-refractivity contribution in [3.05, 3.63) is 68.5 Å². The third kappa shape index (κ3) is 5.05. The summed E-state index contributed by atoms with van der Waals surface area (Å²) >= 11 is 3.28. The molecule has 0 radical (unpaired) electrons. The number of alkyl halides is 3. The molecule has 0 bridgehead atoms. The quantitative estimate of drug-likeness (QED) is 0.632. The highest BCUT2D eigenvalue weighted by atomic mass is 79.9. The van der Waals surface area contributed by atoms with E-state index in [0.29, 0.717) is 22.4 Å². The maximum absolute atomic E-state index is 12.6. The Balaban J connectivity index is 2.03. The van der Waals surface area contributed by atoms with Gasteiger partial charge in [-0.15, -0.1) is 0 Å². The normalized spacial score (nSPS) is 11.7. The number of amides is 1. The number of nitrogens with zero attached hydrogens (tertiary/aromatic N) is 2. The Morgan fingerprint density at radius 2 is 2.04 bits per heavy atom. The Labute approximate surface area is 142 Å². The van der Waals surface area contributed by atoms with Crippen LogP contribution in [0.5, 0.6) is 0 Å². The summed E-state index contributed by atoms with van der Waals surface area (Å²) in [5.41, 5.74) is 1.15. The van der Waals surface area contributed by atoms with Gasteiger partial charge in [-0.3, -0.25) is 9.59 Å². The summed E-state index contributed by atoms with van der Waals surface area (Å²) in [6.07, 6.45) is -2.62. The zero-order chi connectivity index (χ0) is 17.7. The molecular formula is C15H11BrF3N3O2. The average molecular weight is 402 g/mol. The number of hydrazone groups is 1. The third-order valence-electron chi connectivity index (χ3n) is 2.88. The molecule has 1 N–H and O–H groups in total. The third-order valence-corrected chi connectivity index (χ3v) is 3.37. The van der Waals surface area contributed by atoms with E-state index in [4.69, 9.17) is 0 Å². The van der Waals surface area contributed by atoms with Gasteiger partial charge in [-0.2, -0.15) is 18.3 Å². The van der Waals surface area contributed by atoms with Crippen LogP contribution in [0, 0.1) is 0 Å². The Morgan fingerprint density at radius 1 is 1.29 bits per heavy atom. The van der Waals surface area contributed by atoms with Crippen LogP contribution < -0.4 is 11.0 Å². The topological polar surface area (TPSA) is 63.5 Å². The summed E-state index contributed by atoms with van der Waals surface area (Å²) in [6.45, 7) is -0.571. The molecule has 126 valence electrons. The minimum atomic E-state index is -4.59. The fraction of sp³-hybridized carbons (Fsp3) is 0.133. The van der Waals surface area contributed by atoms with Crippen LogP contribution in [0.4, 0.5) is 13.2 Å². The SMILES string of the molecule is O=C(Cn1cc(C(F)(F)F)ccc1=O)NN=Cc1cccc(Br)c1. The van der Waals surface area contributed by atoms with E-state index in [1.807, 2.05) is 6.07 Å². The van der Waals surface area contributed by atoms with Crippen molar-refractivity contribution in [3.8, 4) is 0 Å². The van der Waals surface area contributed by atoms with Gasteiger partial charge in [-0.05, 0) is 23.8 Å². The lowest BCUT2D eigenvalue weighted by Crippen LogP contribution is -2.30. The highest BCUT2D eigenvalue weighted by Gasteiger charge is 2.31. The number of carbonyl (C=O) groups excluding carboxylic acids is 1. The minimum absolute atomic E-state index is 0.571. The monoisotopic (exact) mass is 401 g/mol. The number of rotatable bonds is 4.